The van der Waals surface area contributed by atoms with Gasteiger partial charge in [-0.1, -0.05) is 37.7 Å². The standard InChI is InChI=1S/C22H28F2/c1-15-3-9-18(10-4-15)19-12-6-17(7-13-19)8-14-20-11-5-16(2)21(23)22(20)24/h5,11,15,17-19H,3-4,6-7,9-10,12-13H2,1-2H3. The molecule has 2 saturated carbocycles. The van der Waals surface area contributed by atoms with Gasteiger partial charge in [0.1, 0.15) is 0 Å². The minimum Gasteiger partial charge on any atom is -0.203 e. The van der Waals surface area contributed by atoms with E-state index in [1.165, 1.54) is 38.5 Å². The third-order valence-electron chi connectivity index (χ3n) is 6.19. The monoisotopic (exact) mass is 330 g/mol. The van der Waals surface area contributed by atoms with Gasteiger partial charge in [0.15, 0.2) is 11.6 Å². The zero-order valence-corrected chi connectivity index (χ0v) is 14.9. The molecular weight excluding hydrogens is 302 g/mol. The fourth-order valence-corrected chi connectivity index (χ4v) is 4.41. The van der Waals surface area contributed by atoms with E-state index in [9.17, 15) is 8.78 Å². The van der Waals surface area contributed by atoms with Gasteiger partial charge in [0.05, 0.1) is 5.56 Å². The van der Waals surface area contributed by atoms with E-state index in [4.69, 9.17) is 0 Å². The van der Waals surface area contributed by atoms with E-state index in [2.05, 4.69) is 18.8 Å². The van der Waals surface area contributed by atoms with Crippen LogP contribution in [-0.2, 0) is 0 Å². The van der Waals surface area contributed by atoms with Crippen LogP contribution in [0, 0.1) is 54.1 Å². The second-order valence-electron chi connectivity index (χ2n) is 7.96. The van der Waals surface area contributed by atoms with Crippen molar-refractivity contribution in [2.24, 2.45) is 23.7 Å². The molecule has 0 heterocycles. The lowest BCUT2D eigenvalue weighted by Gasteiger charge is -2.36. The third kappa shape index (κ3) is 4.00. The predicted octanol–water partition coefficient (Wildman–Crippen LogP) is 6.26. The second kappa shape index (κ2) is 7.68. The van der Waals surface area contributed by atoms with Crippen molar-refractivity contribution >= 4 is 0 Å². The molecule has 0 unspecified atom stereocenters. The molecule has 0 saturated heterocycles. The first-order valence-electron chi connectivity index (χ1n) is 9.50. The minimum atomic E-state index is -0.799. The van der Waals surface area contributed by atoms with Gasteiger partial charge in [-0.15, -0.1) is 0 Å². The molecule has 0 aliphatic heterocycles. The Hall–Kier alpha value is -1.36. The summed E-state index contributed by atoms with van der Waals surface area (Å²) in [5, 5.41) is 0. The van der Waals surface area contributed by atoms with Crippen molar-refractivity contribution in [3.63, 3.8) is 0 Å². The van der Waals surface area contributed by atoms with Crippen molar-refractivity contribution < 1.29 is 8.78 Å². The summed E-state index contributed by atoms with van der Waals surface area (Å²) in [6.07, 6.45) is 10.3. The second-order valence-corrected chi connectivity index (χ2v) is 7.96. The maximum absolute atomic E-state index is 13.9. The van der Waals surface area contributed by atoms with Gasteiger partial charge in [-0.05, 0) is 74.8 Å². The van der Waals surface area contributed by atoms with E-state index < -0.39 is 11.6 Å². The lowest BCUT2D eigenvalue weighted by Crippen LogP contribution is -2.24. The average molecular weight is 330 g/mol. The van der Waals surface area contributed by atoms with Gasteiger partial charge in [0.25, 0.3) is 0 Å². The lowest BCUT2D eigenvalue weighted by atomic mass is 9.69. The van der Waals surface area contributed by atoms with Gasteiger partial charge in [0.2, 0.25) is 0 Å². The highest BCUT2D eigenvalue weighted by atomic mass is 19.2. The van der Waals surface area contributed by atoms with Gasteiger partial charge in [-0.25, -0.2) is 8.78 Å². The zero-order chi connectivity index (χ0) is 17.1. The fraction of sp³-hybridized carbons (Fsp3) is 0.636. The third-order valence-corrected chi connectivity index (χ3v) is 6.19. The van der Waals surface area contributed by atoms with Crippen molar-refractivity contribution in [2.75, 3.05) is 0 Å². The molecule has 1 aromatic rings. The minimum absolute atomic E-state index is 0.196. The molecule has 0 nitrogen and oxygen atoms in total. The van der Waals surface area contributed by atoms with Crippen molar-refractivity contribution in [3.05, 3.63) is 34.9 Å². The van der Waals surface area contributed by atoms with E-state index in [0.717, 1.165) is 30.6 Å². The van der Waals surface area contributed by atoms with Crippen LogP contribution in [0.5, 0.6) is 0 Å². The summed E-state index contributed by atoms with van der Waals surface area (Å²) in [7, 11) is 0. The number of benzene rings is 1. The summed E-state index contributed by atoms with van der Waals surface area (Å²) in [5.41, 5.74) is 0.529. The number of hydrogen-bond donors (Lipinski definition) is 0. The molecule has 0 amide bonds. The first-order valence-corrected chi connectivity index (χ1v) is 9.50. The Morgan fingerprint density at radius 1 is 0.833 bits per heavy atom. The highest BCUT2D eigenvalue weighted by Crippen LogP contribution is 2.41. The van der Waals surface area contributed by atoms with Gasteiger partial charge >= 0.3 is 0 Å². The van der Waals surface area contributed by atoms with Crippen molar-refractivity contribution in [1.82, 2.24) is 0 Å². The van der Waals surface area contributed by atoms with Crippen LogP contribution in [-0.4, -0.2) is 0 Å². The first-order chi connectivity index (χ1) is 11.5. The highest BCUT2D eigenvalue weighted by molar-refractivity contribution is 5.38. The summed E-state index contributed by atoms with van der Waals surface area (Å²) in [4.78, 5) is 0. The molecule has 1 aromatic carbocycles. The van der Waals surface area contributed by atoms with Crippen molar-refractivity contribution in [3.8, 4) is 11.8 Å². The number of hydrogen-bond acceptors (Lipinski definition) is 0. The van der Waals surface area contributed by atoms with Crippen LogP contribution >= 0.6 is 0 Å². The Morgan fingerprint density at radius 3 is 2.04 bits per heavy atom. The van der Waals surface area contributed by atoms with Crippen molar-refractivity contribution in [2.45, 2.75) is 65.2 Å². The maximum Gasteiger partial charge on any atom is 0.174 e. The summed E-state index contributed by atoms with van der Waals surface area (Å²) >= 11 is 0. The number of aryl methyl sites for hydroxylation is 1. The Bertz CT molecular complexity index is 621. The molecule has 0 atom stereocenters. The van der Waals surface area contributed by atoms with E-state index in [1.807, 2.05) is 0 Å². The number of rotatable bonds is 1. The Kier molecular flexibility index (Phi) is 5.59. The molecular formula is C22H28F2. The van der Waals surface area contributed by atoms with Crippen LogP contribution in [0.1, 0.15) is 69.4 Å². The molecule has 0 radical (unpaired) electrons. The van der Waals surface area contributed by atoms with Gasteiger partial charge in [-0.3, -0.25) is 0 Å². The van der Waals surface area contributed by atoms with E-state index >= 15 is 0 Å². The molecule has 2 aliphatic carbocycles. The molecule has 130 valence electrons. The lowest BCUT2D eigenvalue weighted by molar-refractivity contribution is 0.162. The van der Waals surface area contributed by atoms with Crippen LogP contribution in [0.2, 0.25) is 0 Å². The zero-order valence-electron chi connectivity index (χ0n) is 14.9. The Morgan fingerprint density at radius 2 is 1.42 bits per heavy atom. The molecule has 2 aliphatic rings. The quantitative estimate of drug-likeness (QED) is 0.533. The van der Waals surface area contributed by atoms with Crippen LogP contribution in [0.15, 0.2) is 12.1 Å². The molecule has 0 spiro atoms. The average Bonchev–Trinajstić information content (AvgIpc) is 2.60. The Labute approximate surface area is 145 Å². The van der Waals surface area contributed by atoms with Crippen LogP contribution in [0.3, 0.4) is 0 Å². The predicted molar refractivity (Wildman–Crippen MR) is 94.5 cm³/mol. The molecule has 0 aromatic heterocycles. The molecule has 3 rings (SSSR count). The Balaban J connectivity index is 1.56. The normalized spacial score (nSPS) is 30.5. The smallest absolute Gasteiger partial charge is 0.174 e. The van der Waals surface area contributed by atoms with E-state index in [0.29, 0.717) is 11.5 Å². The van der Waals surface area contributed by atoms with Gasteiger partial charge in [-0.2, -0.15) is 0 Å². The number of halogens is 2. The van der Waals surface area contributed by atoms with E-state index in [-0.39, 0.29) is 5.56 Å². The highest BCUT2D eigenvalue weighted by Gasteiger charge is 2.29. The van der Waals surface area contributed by atoms with Crippen LogP contribution in [0.25, 0.3) is 0 Å². The molecule has 0 bridgehead atoms. The molecule has 2 fully saturated rings. The van der Waals surface area contributed by atoms with Crippen LogP contribution in [0.4, 0.5) is 8.78 Å². The van der Waals surface area contributed by atoms with Gasteiger partial charge in [0, 0.05) is 5.92 Å². The van der Waals surface area contributed by atoms with Crippen LogP contribution < -0.4 is 0 Å². The maximum atomic E-state index is 13.9. The summed E-state index contributed by atoms with van der Waals surface area (Å²) in [6.45, 7) is 3.94. The van der Waals surface area contributed by atoms with Gasteiger partial charge < -0.3 is 0 Å². The molecule has 24 heavy (non-hydrogen) atoms. The fourth-order valence-electron chi connectivity index (χ4n) is 4.41. The largest absolute Gasteiger partial charge is 0.203 e. The molecule has 2 heteroatoms. The SMILES string of the molecule is Cc1ccc(C#CC2CCC(C3CCC(C)CC3)CC2)c(F)c1F. The topological polar surface area (TPSA) is 0 Å². The first kappa shape index (κ1) is 17.5. The molecule has 0 N–H and O–H groups in total. The summed E-state index contributed by atoms with van der Waals surface area (Å²) in [6, 6.07) is 3.19. The summed E-state index contributed by atoms with van der Waals surface area (Å²) < 4.78 is 27.5. The van der Waals surface area contributed by atoms with Crippen molar-refractivity contribution in [1.29, 1.82) is 0 Å². The van der Waals surface area contributed by atoms with E-state index in [1.54, 1.807) is 19.1 Å². The summed E-state index contributed by atoms with van der Waals surface area (Å²) in [5.74, 6) is 7.55.